The molecule has 1 nitrogen and oxygen atoms in total. The molecule has 0 aliphatic carbocycles. The van der Waals surface area contributed by atoms with Crippen molar-refractivity contribution in [3.63, 3.8) is 0 Å². The number of hydrogen-bond donors (Lipinski definition) is 0. The van der Waals surface area contributed by atoms with E-state index in [0.29, 0.717) is 5.56 Å². The number of benzene rings is 1. The first-order chi connectivity index (χ1) is 6.79. The van der Waals surface area contributed by atoms with Gasteiger partial charge in [-0.2, -0.15) is 0 Å². The Labute approximate surface area is 82.2 Å². The summed E-state index contributed by atoms with van der Waals surface area (Å²) in [6, 6.07) is 9.07. The van der Waals surface area contributed by atoms with Crippen LogP contribution in [0.3, 0.4) is 0 Å². The average Bonchev–Trinajstić information content (AvgIpc) is 2.20. The zero-order valence-corrected chi connectivity index (χ0v) is 7.87. The van der Waals surface area contributed by atoms with Gasteiger partial charge in [-0.15, -0.1) is 0 Å². The highest BCUT2D eigenvalue weighted by Gasteiger charge is 2.05. The van der Waals surface area contributed by atoms with Crippen LogP contribution in [-0.2, 0) is 0 Å². The van der Waals surface area contributed by atoms with E-state index in [4.69, 9.17) is 0 Å². The van der Waals surface area contributed by atoms with Gasteiger partial charge < -0.3 is 0 Å². The predicted molar refractivity (Wildman–Crippen MR) is 54.4 cm³/mol. The van der Waals surface area contributed by atoms with Crippen molar-refractivity contribution in [2.75, 3.05) is 0 Å². The molecule has 0 unspecified atom stereocenters. The Morgan fingerprint density at radius 2 is 1.86 bits per heavy atom. The fourth-order valence-electron chi connectivity index (χ4n) is 1.45. The summed E-state index contributed by atoms with van der Waals surface area (Å²) in [5.41, 5.74) is 2.52. The minimum absolute atomic E-state index is 0.227. The molecule has 0 saturated heterocycles. The first-order valence-corrected chi connectivity index (χ1v) is 4.44. The molecule has 0 N–H and O–H groups in total. The average molecular weight is 187 g/mol. The molecule has 2 aromatic rings. The minimum atomic E-state index is -0.227. The van der Waals surface area contributed by atoms with Gasteiger partial charge in [-0.1, -0.05) is 24.3 Å². The van der Waals surface area contributed by atoms with E-state index in [1.54, 1.807) is 6.20 Å². The van der Waals surface area contributed by atoms with E-state index in [2.05, 4.69) is 4.98 Å². The van der Waals surface area contributed by atoms with Gasteiger partial charge in [0.15, 0.2) is 0 Å². The molecule has 1 aromatic heterocycles. The molecule has 2 heteroatoms. The molecule has 0 radical (unpaired) electrons. The molecule has 70 valence electrons. The van der Waals surface area contributed by atoms with E-state index in [1.807, 2.05) is 31.2 Å². The molecule has 0 aliphatic heterocycles. The molecule has 14 heavy (non-hydrogen) atoms. The third kappa shape index (κ3) is 1.51. The maximum absolute atomic E-state index is 13.4. The minimum Gasteiger partial charge on any atom is -0.264 e. The number of nitrogens with zero attached hydrogens (tertiary/aromatic N) is 1. The standard InChI is InChI=1S/C12H10FN/c1-9-4-2-3-5-10(9)11-8-14-7-6-12(11)13/h2-8H,1H3. The van der Waals surface area contributed by atoms with E-state index in [9.17, 15) is 4.39 Å². The lowest BCUT2D eigenvalue weighted by Crippen LogP contribution is -1.87. The van der Waals surface area contributed by atoms with Gasteiger partial charge in [-0.05, 0) is 24.1 Å². The fourth-order valence-corrected chi connectivity index (χ4v) is 1.45. The largest absolute Gasteiger partial charge is 0.264 e. The normalized spacial score (nSPS) is 10.1. The zero-order valence-electron chi connectivity index (χ0n) is 7.87. The molecule has 0 amide bonds. The quantitative estimate of drug-likeness (QED) is 0.668. The summed E-state index contributed by atoms with van der Waals surface area (Å²) in [4.78, 5) is 3.92. The first kappa shape index (κ1) is 8.88. The van der Waals surface area contributed by atoms with Crippen molar-refractivity contribution in [1.82, 2.24) is 4.98 Å². The molecular formula is C12H10FN. The van der Waals surface area contributed by atoms with Crippen LogP contribution in [-0.4, -0.2) is 4.98 Å². The van der Waals surface area contributed by atoms with E-state index in [1.165, 1.54) is 12.3 Å². The third-order valence-electron chi connectivity index (χ3n) is 2.20. The summed E-state index contributed by atoms with van der Waals surface area (Å²) in [5, 5.41) is 0. The Bertz CT molecular complexity index is 408. The van der Waals surface area contributed by atoms with Crippen molar-refractivity contribution in [2.45, 2.75) is 6.92 Å². The van der Waals surface area contributed by atoms with Gasteiger partial charge in [-0.3, -0.25) is 4.98 Å². The van der Waals surface area contributed by atoms with E-state index in [0.717, 1.165) is 11.1 Å². The topological polar surface area (TPSA) is 12.9 Å². The highest BCUT2D eigenvalue weighted by atomic mass is 19.1. The molecule has 1 heterocycles. The van der Waals surface area contributed by atoms with Crippen LogP contribution in [0.1, 0.15) is 5.56 Å². The number of hydrogen-bond acceptors (Lipinski definition) is 1. The van der Waals surface area contributed by atoms with Gasteiger partial charge in [0.25, 0.3) is 0 Å². The van der Waals surface area contributed by atoms with Crippen LogP contribution in [0.4, 0.5) is 4.39 Å². The van der Waals surface area contributed by atoms with Crippen LogP contribution in [0.25, 0.3) is 11.1 Å². The van der Waals surface area contributed by atoms with Crippen LogP contribution < -0.4 is 0 Å². The van der Waals surface area contributed by atoms with Crippen molar-refractivity contribution in [2.24, 2.45) is 0 Å². The van der Waals surface area contributed by atoms with Crippen LogP contribution in [0.5, 0.6) is 0 Å². The van der Waals surface area contributed by atoms with Gasteiger partial charge in [0.05, 0.1) is 0 Å². The Morgan fingerprint density at radius 3 is 2.57 bits per heavy atom. The Kier molecular flexibility index (Phi) is 2.27. The fraction of sp³-hybridized carbons (Fsp3) is 0.0833. The summed E-state index contributed by atoms with van der Waals surface area (Å²) in [7, 11) is 0. The summed E-state index contributed by atoms with van der Waals surface area (Å²) >= 11 is 0. The lowest BCUT2D eigenvalue weighted by atomic mass is 10.0. The number of halogens is 1. The maximum atomic E-state index is 13.4. The van der Waals surface area contributed by atoms with Crippen molar-refractivity contribution < 1.29 is 4.39 Å². The van der Waals surface area contributed by atoms with E-state index < -0.39 is 0 Å². The summed E-state index contributed by atoms with van der Waals surface area (Å²) in [6.45, 7) is 1.96. The van der Waals surface area contributed by atoms with Gasteiger partial charge in [-0.25, -0.2) is 4.39 Å². The third-order valence-corrected chi connectivity index (χ3v) is 2.20. The SMILES string of the molecule is Cc1ccccc1-c1cnccc1F. The number of aromatic nitrogens is 1. The second kappa shape index (κ2) is 3.58. The molecule has 0 aliphatic rings. The van der Waals surface area contributed by atoms with Crippen LogP contribution in [0.2, 0.25) is 0 Å². The molecule has 0 bridgehead atoms. The van der Waals surface area contributed by atoms with E-state index >= 15 is 0 Å². The van der Waals surface area contributed by atoms with Gasteiger partial charge >= 0.3 is 0 Å². The molecule has 0 atom stereocenters. The van der Waals surface area contributed by atoms with Gasteiger partial charge in [0.2, 0.25) is 0 Å². The smallest absolute Gasteiger partial charge is 0.134 e. The van der Waals surface area contributed by atoms with Crippen LogP contribution in [0.15, 0.2) is 42.7 Å². The summed E-state index contributed by atoms with van der Waals surface area (Å²) in [5.74, 6) is -0.227. The Morgan fingerprint density at radius 1 is 1.07 bits per heavy atom. The van der Waals surface area contributed by atoms with Crippen molar-refractivity contribution in [3.8, 4) is 11.1 Å². The van der Waals surface area contributed by atoms with E-state index in [-0.39, 0.29) is 5.82 Å². The predicted octanol–water partition coefficient (Wildman–Crippen LogP) is 3.20. The number of rotatable bonds is 1. The Balaban J connectivity index is 2.61. The van der Waals surface area contributed by atoms with Gasteiger partial charge in [0.1, 0.15) is 5.82 Å². The second-order valence-electron chi connectivity index (χ2n) is 3.17. The molecule has 0 fully saturated rings. The lowest BCUT2D eigenvalue weighted by Gasteiger charge is -2.05. The summed E-state index contributed by atoms with van der Waals surface area (Å²) < 4.78 is 13.4. The molecule has 2 rings (SSSR count). The molecule has 0 saturated carbocycles. The summed E-state index contributed by atoms with van der Waals surface area (Å²) in [6.07, 6.45) is 3.01. The van der Waals surface area contributed by atoms with Crippen molar-refractivity contribution >= 4 is 0 Å². The highest BCUT2D eigenvalue weighted by molar-refractivity contribution is 5.66. The Hall–Kier alpha value is -1.70. The van der Waals surface area contributed by atoms with Gasteiger partial charge in [0, 0.05) is 18.0 Å². The maximum Gasteiger partial charge on any atom is 0.134 e. The number of aryl methyl sites for hydroxylation is 1. The monoisotopic (exact) mass is 187 g/mol. The van der Waals surface area contributed by atoms with Crippen molar-refractivity contribution in [1.29, 1.82) is 0 Å². The second-order valence-corrected chi connectivity index (χ2v) is 3.17. The lowest BCUT2D eigenvalue weighted by molar-refractivity contribution is 0.629. The number of pyridine rings is 1. The molecule has 0 spiro atoms. The van der Waals surface area contributed by atoms with Crippen LogP contribution >= 0.6 is 0 Å². The molecule has 1 aromatic carbocycles. The molecular weight excluding hydrogens is 177 g/mol. The first-order valence-electron chi connectivity index (χ1n) is 4.44. The van der Waals surface area contributed by atoms with Crippen LogP contribution in [0, 0.1) is 12.7 Å². The van der Waals surface area contributed by atoms with Crippen molar-refractivity contribution in [3.05, 3.63) is 54.1 Å². The zero-order chi connectivity index (χ0) is 9.97. The highest BCUT2D eigenvalue weighted by Crippen LogP contribution is 2.24.